The van der Waals surface area contributed by atoms with Crippen LogP contribution in [0.3, 0.4) is 0 Å². The van der Waals surface area contributed by atoms with Gasteiger partial charge in [-0.2, -0.15) is 37.1 Å². The Balaban J connectivity index is 2.08. The van der Waals surface area contributed by atoms with Gasteiger partial charge in [0.2, 0.25) is 5.96 Å². The van der Waals surface area contributed by atoms with Crippen molar-refractivity contribution in [2.75, 3.05) is 24.7 Å². The number of guanidine groups is 1. The van der Waals surface area contributed by atoms with E-state index in [0.29, 0.717) is 5.56 Å². The molecule has 2 N–H and O–H groups in total. The lowest BCUT2D eigenvalue weighted by Crippen LogP contribution is -2.57. The second-order valence-corrected chi connectivity index (χ2v) is 11.1. The molecule has 1 aliphatic heterocycles. The number of rotatable bonds is 4. The van der Waals surface area contributed by atoms with Crippen molar-refractivity contribution in [2.45, 2.75) is 31.7 Å². The molecule has 1 amide bonds. The monoisotopic (exact) mass is 624 g/mol. The van der Waals surface area contributed by atoms with Crippen molar-refractivity contribution < 1.29 is 49.4 Å². The van der Waals surface area contributed by atoms with E-state index in [0.717, 1.165) is 32.3 Å². The number of pyridine rings is 2. The Kier molecular flexibility index (Phi) is 8.67. The fourth-order valence-electron chi connectivity index (χ4n) is 3.69. The number of halogens is 7. The molecule has 42 heavy (non-hydrogen) atoms. The maximum absolute atomic E-state index is 15.1. The molecule has 0 bridgehead atoms. The molecule has 0 fully saturated rings. The predicted octanol–water partition coefficient (Wildman–Crippen LogP) is 3.12. The molecule has 0 aliphatic carbocycles. The maximum atomic E-state index is 15.1. The predicted molar refractivity (Wildman–Crippen MR) is 130 cm³/mol. The Bertz CT molecular complexity index is 1610. The molecule has 0 aromatic carbocycles. The summed E-state index contributed by atoms with van der Waals surface area (Å²) in [6.07, 6.45) is -9.54. The minimum Gasteiger partial charge on any atom is -0.332 e. The zero-order valence-electron chi connectivity index (χ0n) is 21.6. The molecule has 2 aromatic rings. The largest absolute Gasteiger partial charge is 0.493 e. The number of nitrogens with zero attached hydrogens (tertiary/aromatic N) is 6. The average molecular weight is 624 g/mol. The second kappa shape index (κ2) is 11.4. The zero-order valence-corrected chi connectivity index (χ0v) is 22.4. The Morgan fingerprint density at radius 3 is 2.48 bits per heavy atom. The molecule has 1 aliphatic rings. The van der Waals surface area contributed by atoms with Gasteiger partial charge in [-0.1, -0.05) is 0 Å². The van der Waals surface area contributed by atoms with Crippen LogP contribution in [0.25, 0.3) is 0 Å². The van der Waals surface area contributed by atoms with Crippen LogP contribution in [0.2, 0.25) is 0 Å². The summed E-state index contributed by atoms with van der Waals surface area (Å²) < 4.78 is 110. The van der Waals surface area contributed by atoms with Gasteiger partial charge in [0.1, 0.15) is 51.1 Å². The summed E-state index contributed by atoms with van der Waals surface area (Å²) in [5.74, 6) is -7.44. The van der Waals surface area contributed by atoms with Crippen LogP contribution in [-0.4, -0.2) is 68.0 Å². The van der Waals surface area contributed by atoms with Crippen LogP contribution in [0.4, 0.5) is 36.6 Å². The normalized spacial score (nSPS) is 20.7. The van der Waals surface area contributed by atoms with Crippen molar-refractivity contribution in [2.24, 2.45) is 9.36 Å². The molecule has 3 rings (SSSR count). The fraction of sp³-hybridized carbons (Fsp3) is 0.364. The van der Waals surface area contributed by atoms with Gasteiger partial charge in [-0.05, 0) is 37.6 Å². The number of carbonyl (C=O) groups is 2. The minimum absolute atomic E-state index is 0.0543. The summed E-state index contributed by atoms with van der Waals surface area (Å²) in [6.45, 7) is 0.471. The number of aromatic nitrogens is 2. The number of amides is 1. The molecule has 0 saturated carbocycles. The van der Waals surface area contributed by atoms with Crippen molar-refractivity contribution >= 4 is 33.6 Å². The highest BCUT2D eigenvalue weighted by Crippen LogP contribution is 2.36. The number of hydrogen-bond acceptors (Lipinski definition) is 10. The molecule has 0 spiro atoms. The molecule has 0 saturated heterocycles. The second-order valence-electron chi connectivity index (χ2n) is 8.77. The molecule has 226 valence electrons. The number of carbonyl (C=O) groups excluding carboxylic acids is 2. The third kappa shape index (κ3) is 7.02. The van der Waals surface area contributed by atoms with E-state index in [9.17, 15) is 40.1 Å². The highest BCUT2D eigenvalue weighted by Gasteiger charge is 2.48. The number of hydrogen-bond donors (Lipinski definition) is 2. The third-order valence-corrected chi connectivity index (χ3v) is 8.00. The van der Waals surface area contributed by atoms with E-state index in [1.54, 1.807) is 0 Å². The molecule has 2 aromatic heterocycles. The number of anilines is 1. The Morgan fingerprint density at radius 1 is 1.26 bits per heavy atom. The molecule has 2 atom stereocenters. The topological polar surface area (TPSA) is 162 Å². The molecule has 12 nitrogen and oxygen atoms in total. The number of alkyl halides is 6. The van der Waals surface area contributed by atoms with Gasteiger partial charge in [-0.15, -0.1) is 0 Å². The van der Waals surface area contributed by atoms with E-state index < -0.39 is 69.5 Å². The summed E-state index contributed by atoms with van der Waals surface area (Å²) in [5, 5.41) is 11.3. The van der Waals surface area contributed by atoms with E-state index in [2.05, 4.69) is 29.5 Å². The van der Waals surface area contributed by atoms with Gasteiger partial charge >= 0.3 is 18.3 Å². The number of aryl methyl sites for hydroxylation is 1. The first kappa shape index (κ1) is 32.0. The van der Waals surface area contributed by atoms with Crippen molar-refractivity contribution in [3.05, 3.63) is 52.7 Å². The lowest BCUT2D eigenvalue weighted by molar-refractivity contribution is -0.204. The molecule has 20 heteroatoms. The zero-order chi connectivity index (χ0) is 31.7. The summed E-state index contributed by atoms with van der Waals surface area (Å²) >= 11 is 0. The molecule has 0 radical (unpaired) electrons. The summed E-state index contributed by atoms with van der Waals surface area (Å²) in [5.41, 5.74) is -1.22. The molecule has 1 unspecified atom stereocenters. The van der Waals surface area contributed by atoms with E-state index in [1.165, 1.54) is 18.5 Å². The van der Waals surface area contributed by atoms with Gasteiger partial charge in [0.25, 0.3) is 5.91 Å². The van der Waals surface area contributed by atoms with Gasteiger partial charge in [0.05, 0.1) is 11.3 Å². The first-order valence-electron chi connectivity index (χ1n) is 11.3. The van der Waals surface area contributed by atoms with Crippen LogP contribution in [0.1, 0.15) is 34.2 Å². The van der Waals surface area contributed by atoms with Gasteiger partial charge in [0.15, 0.2) is 0 Å². The number of aliphatic imine (C=N–C) groups is 1. The van der Waals surface area contributed by atoms with Crippen LogP contribution < -0.4 is 10.8 Å². The first-order chi connectivity index (χ1) is 19.3. The van der Waals surface area contributed by atoms with Crippen molar-refractivity contribution in [3.8, 4) is 6.07 Å². The maximum Gasteiger partial charge on any atom is 0.493 e. The van der Waals surface area contributed by atoms with Gasteiger partial charge < -0.3 is 10.2 Å². The van der Waals surface area contributed by atoms with Crippen LogP contribution in [-0.2, 0) is 25.1 Å². The van der Waals surface area contributed by atoms with Crippen LogP contribution in [0.15, 0.2) is 33.8 Å². The number of hydroxylamine groups is 1. The van der Waals surface area contributed by atoms with E-state index >= 15 is 4.39 Å². The van der Waals surface area contributed by atoms with Crippen LogP contribution in [0, 0.1) is 24.1 Å². The Labute approximate surface area is 232 Å². The molecular formula is C22H19F7N8O4S. The number of nitriles is 1. The summed E-state index contributed by atoms with van der Waals surface area (Å²) in [7, 11) is -3.40. The van der Waals surface area contributed by atoms with E-state index in [4.69, 9.17) is 5.26 Å². The molecule has 3 heterocycles. The Morgan fingerprint density at radius 2 is 1.93 bits per heavy atom. The lowest BCUT2D eigenvalue weighted by Gasteiger charge is -2.39. The summed E-state index contributed by atoms with van der Waals surface area (Å²) in [6, 6.07) is 5.02. The fourth-order valence-corrected chi connectivity index (χ4v) is 5.80. The van der Waals surface area contributed by atoms with Gasteiger partial charge in [0, 0.05) is 13.2 Å². The SMILES string of the molecule is CN=S1(=O)C[C@@](C)(c2nc(NC(=O)c3ncc(C#N)cc3C)ccc2F)N=C(NOC(=O)C(F)(F)F)N1CC(F)(F)F. The molecular weight excluding hydrogens is 605 g/mol. The van der Waals surface area contributed by atoms with Gasteiger partial charge in [-0.25, -0.2) is 37.0 Å². The van der Waals surface area contributed by atoms with Gasteiger partial charge in [-0.3, -0.25) is 4.79 Å². The quantitative estimate of drug-likeness (QED) is 0.388. The highest BCUT2D eigenvalue weighted by atomic mass is 32.2. The summed E-state index contributed by atoms with van der Waals surface area (Å²) in [4.78, 5) is 39.4. The Hall–Kier alpha value is -4.54. The van der Waals surface area contributed by atoms with E-state index in [1.807, 2.05) is 6.07 Å². The minimum atomic E-state index is -5.57. The number of nitrogens with one attached hydrogen (secondary N) is 2. The van der Waals surface area contributed by atoms with Crippen molar-refractivity contribution in [3.63, 3.8) is 0 Å². The first-order valence-corrected chi connectivity index (χ1v) is 12.9. The van der Waals surface area contributed by atoms with Crippen LogP contribution in [0.5, 0.6) is 0 Å². The smallest absolute Gasteiger partial charge is 0.332 e. The van der Waals surface area contributed by atoms with Crippen LogP contribution >= 0.6 is 0 Å². The third-order valence-electron chi connectivity index (χ3n) is 5.50. The highest BCUT2D eigenvalue weighted by molar-refractivity contribution is 7.92. The van der Waals surface area contributed by atoms with E-state index in [-0.39, 0.29) is 21.4 Å². The lowest BCUT2D eigenvalue weighted by atomic mass is 10.00. The van der Waals surface area contributed by atoms with Crippen molar-refractivity contribution in [1.82, 2.24) is 19.8 Å². The standard InChI is InChI=1S/C22H19F7N8O4S/c1-11-6-12(7-30)8-32-15(11)17(38)34-14-5-4-13(23)16(33-14)20(2)10-42(40,31-3)37(9-21(24,25)26)19(35-20)36-41-18(39)22(27,28)29/h4-6,8H,9-10H2,1-3H3,(H,35,36)(H,33,34,38)/t20-,42?/m0/s1. The average Bonchev–Trinajstić information content (AvgIpc) is 2.88. The van der Waals surface area contributed by atoms with Crippen molar-refractivity contribution in [1.29, 1.82) is 5.26 Å².